The number of sulfonamides is 1. The standard InChI is InChI=1S/C15H25N3O4S3/c1-13-4-8-17(9-5-13)25(21,22)18-10-6-14(7-11-18)16-24(19,20)15-3-2-12-23-15/h2-3,12-14,16H,4-11H2,1H3. The summed E-state index contributed by atoms with van der Waals surface area (Å²) in [6.45, 7) is 4.01. The molecule has 0 bridgehead atoms. The summed E-state index contributed by atoms with van der Waals surface area (Å²) in [6.07, 6.45) is 2.79. The zero-order valence-electron chi connectivity index (χ0n) is 14.3. The van der Waals surface area contributed by atoms with Gasteiger partial charge in [-0.05, 0) is 43.0 Å². The summed E-state index contributed by atoms with van der Waals surface area (Å²) in [5.41, 5.74) is 0. The van der Waals surface area contributed by atoms with E-state index in [2.05, 4.69) is 11.6 Å². The molecule has 0 spiro atoms. The Morgan fingerprint density at radius 1 is 1.00 bits per heavy atom. The van der Waals surface area contributed by atoms with E-state index in [0.717, 1.165) is 12.8 Å². The van der Waals surface area contributed by atoms with Crippen LogP contribution in [0.4, 0.5) is 0 Å². The zero-order chi connectivity index (χ0) is 18.1. The lowest BCUT2D eigenvalue weighted by atomic mass is 10.0. The van der Waals surface area contributed by atoms with Gasteiger partial charge in [-0.3, -0.25) is 0 Å². The van der Waals surface area contributed by atoms with E-state index < -0.39 is 20.2 Å². The van der Waals surface area contributed by atoms with Crippen LogP contribution in [0.15, 0.2) is 21.7 Å². The van der Waals surface area contributed by atoms with Gasteiger partial charge in [0.25, 0.3) is 10.2 Å². The third-order valence-corrected chi connectivity index (χ3v) is 9.88. The summed E-state index contributed by atoms with van der Waals surface area (Å²) in [7, 11) is -6.93. The maximum absolute atomic E-state index is 12.7. The van der Waals surface area contributed by atoms with Gasteiger partial charge in [0.15, 0.2) is 0 Å². The van der Waals surface area contributed by atoms with Crippen molar-refractivity contribution in [1.29, 1.82) is 0 Å². The predicted molar refractivity (Wildman–Crippen MR) is 98.1 cm³/mol. The quantitative estimate of drug-likeness (QED) is 0.801. The van der Waals surface area contributed by atoms with Crippen LogP contribution in [0.2, 0.25) is 0 Å². The number of hydrogen-bond donors (Lipinski definition) is 1. The van der Waals surface area contributed by atoms with Gasteiger partial charge in [0.2, 0.25) is 10.0 Å². The Morgan fingerprint density at radius 2 is 1.56 bits per heavy atom. The molecule has 1 N–H and O–H groups in total. The average Bonchev–Trinajstić information content (AvgIpc) is 3.11. The van der Waals surface area contributed by atoms with E-state index in [0.29, 0.717) is 49.1 Å². The van der Waals surface area contributed by atoms with Gasteiger partial charge in [-0.2, -0.15) is 17.0 Å². The second-order valence-corrected chi connectivity index (χ2v) is 11.6. The van der Waals surface area contributed by atoms with Crippen LogP contribution < -0.4 is 4.72 Å². The maximum atomic E-state index is 12.7. The summed E-state index contributed by atoms with van der Waals surface area (Å²) >= 11 is 1.18. The maximum Gasteiger partial charge on any atom is 0.281 e. The molecule has 1 aromatic rings. The minimum absolute atomic E-state index is 0.222. The van der Waals surface area contributed by atoms with Gasteiger partial charge in [0, 0.05) is 32.2 Å². The lowest BCUT2D eigenvalue weighted by Crippen LogP contribution is -2.52. The van der Waals surface area contributed by atoms with E-state index in [1.165, 1.54) is 15.6 Å². The normalized spacial score (nSPS) is 23.1. The molecular weight excluding hydrogens is 382 g/mol. The van der Waals surface area contributed by atoms with Crippen molar-refractivity contribution in [1.82, 2.24) is 13.3 Å². The Hall–Kier alpha value is -0.520. The Labute approximate surface area is 154 Å². The molecule has 0 aliphatic carbocycles. The fraction of sp³-hybridized carbons (Fsp3) is 0.733. The molecule has 3 heterocycles. The van der Waals surface area contributed by atoms with Gasteiger partial charge in [-0.1, -0.05) is 13.0 Å². The molecule has 0 atom stereocenters. The molecule has 7 nitrogen and oxygen atoms in total. The van der Waals surface area contributed by atoms with E-state index in [9.17, 15) is 16.8 Å². The molecule has 1 aromatic heterocycles. The van der Waals surface area contributed by atoms with Gasteiger partial charge in [-0.15, -0.1) is 11.3 Å². The highest BCUT2D eigenvalue weighted by atomic mass is 32.2. The predicted octanol–water partition coefficient (Wildman–Crippen LogP) is 1.47. The highest BCUT2D eigenvalue weighted by Gasteiger charge is 2.35. The highest BCUT2D eigenvalue weighted by molar-refractivity contribution is 7.91. The summed E-state index contributed by atoms with van der Waals surface area (Å²) in [5, 5.41) is 1.73. The van der Waals surface area contributed by atoms with E-state index in [1.807, 2.05) is 0 Å². The lowest BCUT2D eigenvalue weighted by Gasteiger charge is -2.37. The third-order valence-electron chi connectivity index (χ3n) is 4.93. The van der Waals surface area contributed by atoms with Gasteiger partial charge >= 0.3 is 0 Å². The van der Waals surface area contributed by atoms with Crippen LogP contribution in [0, 0.1) is 5.92 Å². The minimum atomic E-state index is -3.51. The molecule has 25 heavy (non-hydrogen) atoms. The fourth-order valence-corrected chi connectivity index (χ4v) is 7.26. The third kappa shape index (κ3) is 4.42. The summed E-state index contributed by atoms with van der Waals surface area (Å²) in [6, 6.07) is 3.05. The average molecular weight is 408 g/mol. The van der Waals surface area contributed by atoms with Crippen LogP contribution in [0.1, 0.15) is 32.6 Å². The monoisotopic (exact) mass is 407 g/mol. The molecule has 2 aliphatic rings. The van der Waals surface area contributed by atoms with Gasteiger partial charge in [0.1, 0.15) is 4.21 Å². The first-order valence-corrected chi connectivity index (χ1v) is 12.4. The van der Waals surface area contributed by atoms with E-state index in [4.69, 9.17) is 0 Å². The molecule has 0 aromatic carbocycles. The second kappa shape index (κ2) is 7.61. The Kier molecular flexibility index (Phi) is 5.86. The molecule has 0 radical (unpaired) electrons. The largest absolute Gasteiger partial charge is 0.281 e. The summed E-state index contributed by atoms with van der Waals surface area (Å²) in [5.74, 6) is 0.573. The molecule has 142 valence electrons. The number of hydrogen-bond acceptors (Lipinski definition) is 5. The van der Waals surface area contributed by atoms with E-state index in [-0.39, 0.29) is 6.04 Å². The molecule has 3 rings (SSSR count). The zero-order valence-corrected chi connectivity index (χ0v) is 16.7. The van der Waals surface area contributed by atoms with Crippen molar-refractivity contribution in [3.63, 3.8) is 0 Å². The van der Waals surface area contributed by atoms with Crippen LogP contribution in [0.25, 0.3) is 0 Å². The van der Waals surface area contributed by atoms with Crippen LogP contribution >= 0.6 is 11.3 Å². The number of piperidine rings is 2. The van der Waals surface area contributed by atoms with Crippen molar-refractivity contribution < 1.29 is 16.8 Å². The Bertz CT molecular complexity index is 761. The SMILES string of the molecule is CC1CCN(S(=O)(=O)N2CCC(NS(=O)(=O)c3cccs3)CC2)CC1. The molecule has 0 amide bonds. The van der Waals surface area contributed by atoms with Gasteiger partial charge in [-0.25, -0.2) is 13.1 Å². The number of thiophene rings is 1. The first-order valence-electron chi connectivity index (χ1n) is 8.60. The molecular formula is C15H25N3O4S3. The molecule has 10 heteroatoms. The van der Waals surface area contributed by atoms with Crippen molar-refractivity contribution >= 4 is 31.6 Å². The van der Waals surface area contributed by atoms with Crippen molar-refractivity contribution in [3.05, 3.63) is 17.5 Å². The van der Waals surface area contributed by atoms with E-state index >= 15 is 0 Å². The van der Waals surface area contributed by atoms with Crippen LogP contribution in [-0.4, -0.2) is 57.7 Å². The summed E-state index contributed by atoms with van der Waals surface area (Å²) < 4.78 is 56.1. The first kappa shape index (κ1) is 19.2. The number of nitrogens with one attached hydrogen (secondary N) is 1. The van der Waals surface area contributed by atoms with Crippen LogP contribution in [0.3, 0.4) is 0 Å². The molecule has 2 aliphatic heterocycles. The van der Waals surface area contributed by atoms with Gasteiger partial charge < -0.3 is 0 Å². The molecule has 2 fully saturated rings. The van der Waals surface area contributed by atoms with Crippen molar-refractivity contribution in [2.24, 2.45) is 5.92 Å². The summed E-state index contributed by atoms with van der Waals surface area (Å²) in [4.78, 5) is 0. The van der Waals surface area contributed by atoms with Crippen molar-refractivity contribution in [2.45, 2.75) is 42.9 Å². The van der Waals surface area contributed by atoms with E-state index in [1.54, 1.807) is 21.8 Å². The second-order valence-electron chi connectivity index (χ2n) is 6.82. The van der Waals surface area contributed by atoms with Gasteiger partial charge in [0.05, 0.1) is 0 Å². The highest BCUT2D eigenvalue weighted by Crippen LogP contribution is 2.24. The topological polar surface area (TPSA) is 86.8 Å². The molecule has 2 saturated heterocycles. The van der Waals surface area contributed by atoms with Crippen molar-refractivity contribution in [2.75, 3.05) is 26.2 Å². The van der Waals surface area contributed by atoms with Crippen molar-refractivity contribution in [3.8, 4) is 0 Å². The Morgan fingerprint density at radius 3 is 2.08 bits per heavy atom. The fourth-order valence-electron chi connectivity index (χ4n) is 3.28. The van der Waals surface area contributed by atoms with Crippen LogP contribution in [0.5, 0.6) is 0 Å². The lowest BCUT2D eigenvalue weighted by molar-refractivity contribution is 0.245. The number of rotatable bonds is 5. The molecule has 0 unspecified atom stereocenters. The first-order chi connectivity index (χ1) is 11.8. The minimum Gasteiger partial charge on any atom is -0.207 e. The smallest absolute Gasteiger partial charge is 0.207 e. The Balaban J connectivity index is 1.56. The molecule has 0 saturated carbocycles. The van der Waals surface area contributed by atoms with Crippen LogP contribution in [-0.2, 0) is 20.2 Å². The number of nitrogens with zero attached hydrogens (tertiary/aromatic N) is 2.